The molecule has 0 saturated heterocycles. The van der Waals surface area contributed by atoms with E-state index in [0.29, 0.717) is 5.92 Å². The summed E-state index contributed by atoms with van der Waals surface area (Å²) in [7, 11) is 2.18. The van der Waals surface area contributed by atoms with Crippen LogP contribution in [0.2, 0.25) is 0 Å². The Morgan fingerprint density at radius 3 is 2.56 bits per heavy atom. The molecule has 0 aromatic rings. The second-order valence-electron chi connectivity index (χ2n) is 5.11. The maximum atomic E-state index is 3.45. The molecule has 1 aliphatic carbocycles. The summed E-state index contributed by atoms with van der Waals surface area (Å²) in [5.74, 6) is 9.16. The van der Waals surface area contributed by atoms with Gasteiger partial charge in [0, 0.05) is 18.9 Å². The standard InChI is InChI=1S/C15H26N/c1-4-12-16(3)13-6-5-7-15-10-8-14(2)9-11-15/h15H,4,6,8-13H2,1-3H3. The number of rotatable bonds is 4. The largest absolute Gasteiger partial charge is 0.305 e. The minimum atomic E-state index is 0.681. The average Bonchev–Trinajstić information content (AvgIpc) is 2.27. The maximum Gasteiger partial charge on any atom is 0.0217 e. The number of hydrogen-bond acceptors (Lipinski definition) is 1. The van der Waals surface area contributed by atoms with Gasteiger partial charge in [-0.3, -0.25) is 0 Å². The summed E-state index contributed by atoms with van der Waals surface area (Å²) in [5, 5.41) is 0. The van der Waals surface area contributed by atoms with Crippen LogP contribution in [0, 0.1) is 23.7 Å². The van der Waals surface area contributed by atoms with Crippen molar-refractivity contribution in [2.75, 3.05) is 20.1 Å². The van der Waals surface area contributed by atoms with E-state index in [0.717, 1.165) is 13.0 Å². The van der Waals surface area contributed by atoms with Gasteiger partial charge in [-0.2, -0.15) is 0 Å². The molecule has 0 amide bonds. The Hall–Kier alpha value is -0.480. The van der Waals surface area contributed by atoms with Gasteiger partial charge in [0.2, 0.25) is 0 Å². The summed E-state index contributed by atoms with van der Waals surface area (Å²) in [6.45, 7) is 6.82. The third kappa shape index (κ3) is 5.56. The molecule has 1 aliphatic rings. The smallest absolute Gasteiger partial charge is 0.0217 e. The highest BCUT2D eigenvalue weighted by atomic mass is 15.1. The fourth-order valence-corrected chi connectivity index (χ4v) is 2.21. The number of nitrogens with zero attached hydrogens (tertiary/aromatic N) is 1. The van der Waals surface area contributed by atoms with Crippen molar-refractivity contribution in [2.24, 2.45) is 5.92 Å². The molecule has 91 valence electrons. The van der Waals surface area contributed by atoms with Crippen molar-refractivity contribution in [1.82, 2.24) is 4.90 Å². The SMILES string of the molecule is CCCN(C)CCC#CC1CC[C](C)CC1. The van der Waals surface area contributed by atoms with Crippen LogP contribution in [-0.4, -0.2) is 25.0 Å². The molecule has 1 saturated carbocycles. The van der Waals surface area contributed by atoms with E-state index in [-0.39, 0.29) is 0 Å². The zero-order valence-electron chi connectivity index (χ0n) is 11.2. The molecule has 1 fully saturated rings. The predicted octanol–water partition coefficient (Wildman–Crippen LogP) is 3.51. The van der Waals surface area contributed by atoms with E-state index in [9.17, 15) is 0 Å². The summed E-state index contributed by atoms with van der Waals surface area (Å²) < 4.78 is 0. The average molecular weight is 220 g/mol. The highest BCUT2D eigenvalue weighted by molar-refractivity contribution is 5.07. The van der Waals surface area contributed by atoms with Crippen molar-refractivity contribution in [3.63, 3.8) is 0 Å². The molecule has 0 aromatic heterocycles. The Balaban J connectivity index is 2.12. The van der Waals surface area contributed by atoms with Gasteiger partial charge in [-0.1, -0.05) is 19.8 Å². The summed E-state index contributed by atoms with van der Waals surface area (Å²) in [5.41, 5.74) is 0. The van der Waals surface area contributed by atoms with Crippen molar-refractivity contribution in [2.45, 2.75) is 52.4 Å². The minimum Gasteiger partial charge on any atom is -0.305 e. The molecule has 16 heavy (non-hydrogen) atoms. The van der Waals surface area contributed by atoms with Gasteiger partial charge in [0.15, 0.2) is 0 Å². The van der Waals surface area contributed by atoms with Gasteiger partial charge in [0.25, 0.3) is 0 Å². The molecule has 0 spiro atoms. The minimum absolute atomic E-state index is 0.681. The number of hydrogen-bond donors (Lipinski definition) is 0. The van der Waals surface area contributed by atoms with Crippen LogP contribution in [0.5, 0.6) is 0 Å². The lowest BCUT2D eigenvalue weighted by Gasteiger charge is -2.21. The van der Waals surface area contributed by atoms with Crippen molar-refractivity contribution >= 4 is 0 Å². The molecule has 1 nitrogen and oxygen atoms in total. The molecular formula is C15H26N. The van der Waals surface area contributed by atoms with Crippen LogP contribution < -0.4 is 0 Å². The molecule has 0 atom stereocenters. The van der Waals surface area contributed by atoms with E-state index in [2.05, 4.69) is 37.6 Å². The Morgan fingerprint density at radius 2 is 1.94 bits per heavy atom. The van der Waals surface area contributed by atoms with Crippen LogP contribution in [-0.2, 0) is 0 Å². The third-order valence-corrected chi connectivity index (χ3v) is 3.37. The molecule has 0 heterocycles. The van der Waals surface area contributed by atoms with Crippen LogP contribution in [0.4, 0.5) is 0 Å². The Bertz CT molecular complexity index is 228. The molecule has 0 aromatic carbocycles. The normalized spacial score (nSPS) is 18.5. The van der Waals surface area contributed by atoms with Gasteiger partial charge in [-0.25, -0.2) is 0 Å². The van der Waals surface area contributed by atoms with Crippen LogP contribution in [0.3, 0.4) is 0 Å². The molecule has 0 unspecified atom stereocenters. The fraction of sp³-hybridized carbons (Fsp3) is 0.800. The molecule has 0 aliphatic heterocycles. The first kappa shape index (κ1) is 13.6. The molecule has 0 bridgehead atoms. The molecular weight excluding hydrogens is 194 g/mol. The first-order valence-corrected chi connectivity index (χ1v) is 6.70. The topological polar surface area (TPSA) is 3.24 Å². The fourth-order valence-electron chi connectivity index (χ4n) is 2.21. The van der Waals surface area contributed by atoms with E-state index in [1.54, 1.807) is 5.92 Å². The van der Waals surface area contributed by atoms with E-state index in [1.165, 1.54) is 38.6 Å². The summed E-state index contributed by atoms with van der Waals surface area (Å²) in [4.78, 5) is 2.37. The quantitative estimate of drug-likeness (QED) is 0.655. The highest BCUT2D eigenvalue weighted by Crippen LogP contribution is 2.28. The van der Waals surface area contributed by atoms with Gasteiger partial charge in [0.05, 0.1) is 0 Å². The van der Waals surface area contributed by atoms with Crippen LogP contribution in [0.1, 0.15) is 52.4 Å². The lowest BCUT2D eigenvalue weighted by atomic mass is 9.83. The Morgan fingerprint density at radius 1 is 1.25 bits per heavy atom. The first-order chi connectivity index (χ1) is 7.72. The molecule has 1 rings (SSSR count). The van der Waals surface area contributed by atoms with E-state index >= 15 is 0 Å². The van der Waals surface area contributed by atoms with Gasteiger partial charge in [-0.05, 0) is 51.6 Å². The van der Waals surface area contributed by atoms with Crippen molar-refractivity contribution in [1.29, 1.82) is 0 Å². The molecule has 1 radical (unpaired) electrons. The monoisotopic (exact) mass is 220 g/mol. The lowest BCUT2D eigenvalue weighted by molar-refractivity contribution is 0.343. The lowest BCUT2D eigenvalue weighted by Crippen LogP contribution is -2.19. The van der Waals surface area contributed by atoms with Gasteiger partial charge >= 0.3 is 0 Å². The van der Waals surface area contributed by atoms with E-state index in [4.69, 9.17) is 0 Å². The van der Waals surface area contributed by atoms with Crippen LogP contribution in [0.25, 0.3) is 0 Å². The first-order valence-electron chi connectivity index (χ1n) is 6.70. The Kier molecular flexibility index (Phi) is 6.57. The maximum absolute atomic E-state index is 3.45. The molecule has 0 N–H and O–H groups in total. The van der Waals surface area contributed by atoms with E-state index in [1.807, 2.05) is 0 Å². The zero-order chi connectivity index (χ0) is 11.8. The summed E-state index contributed by atoms with van der Waals surface area (Å²) in [6, 6.07) is 0. The zero-order valence-corrected chi connectivity index (χ0v) is 11.2. The van der Waals surface area contributed by atoms with Crippen molar-refractivity contribution < 1.29 is 0 Å². The second kappa shape index (κ2) is 7.74. The predicted molar refractivity (Wildman–Crippen MR) is 71.1 cm³/mol. The molecule has 1 heteroatoms. The van der Waals surface area contributed by atoms with Gasteiger partial charge in [-0.15, -0.1) is 5.92 Å². The second-order valence-corrected chi connectivity index (χ2v) is 5.11. The van der Waals surface area contributed by atoms with Crippen molar-refractivity contribution in [3.8, 4) is 11.8 Å². The van der Waals surface area contributed by atoms with Crippen LogP contribution >= 0.6 is 0 Å². The summed E-state index contributed by atoms with van der Waals surface area (Å²) >= 11 is 0. The Labute approximate surface area is 102 Å². The van der Waals surface area contributed by atoms with E-state index < -0.39 is 0 Å². The van der Waals surface area contributed by atoms with Gasteiger partial charge in [0.1, 0.15) is 0 Å². The summed E-state index contributed by atoms with van der Waals surface area (Å²) in [6.07, 6.45) is 7.47. The van der Waals surface area contributed by atoms with Crippen LogP contribution in [0.15, 0.2) is 0 Å². The van der Waals surface area contributed by atoms with Gasteiger partial charge < -0.3 is 4.90 Å². The third-order valence-electron chi connectivity index (χ3n) is 3.37. The highest BCUT2D eigenvalue weighted by Gasteiger charge is 2.16. The van der Waals surface area contributed by atoms with Crippen molar-refractivity contribution in [3.05, 3.63) is 5.92 Å².